The number of hydrogen-bond acceptors (Lipinski definition) is 7. The van der Waals surface area contributed by atoms with Crippen LogP contribution in [0.25, 0.3) is 11.0 Å². The topological polar surface area (TPSA) is 121 Å². The molecule has 3 amide bonds. The van der Waals surface area contributed by atoms with Crippen LogP contribution in [-0.2, 0) is 25.8 Å². The van der Waals surface area contributed by atoms with Crippen LogP contribution in [0.1, 0.15) is 20.3 Å². The van der Waals surface area contributed by atoms with Gasteiger partial charge in [0.2, 0.25) is 17.7 Å². The van der Waals surface area contributed by atoms with E-state index in [4.69, 9.17) is 4.74 Å². The molecule has 208 valence electrons. The number of carbonyl (C=O) groups is 3. The zero-order valence-electron chi connectivity index (χ0n) is 22.7. The third-order valence-electron chi connectivity index (χ3n) is 8.82. The van der Waals surface area contributed by atoms with Gasteiger partial charge in [-0.1, -0.05) is 36.4 Å². The molecule has 3 aliphatic heterocycles. The fraction of sp³-hybridized carbons (Fsp3) is 0.536. The van der Waals surface area contributed by atoms with Crippen molar-refractivity contribution in [2.24, 2.45) is 17.8 Å². The Morgan fingerprint density at radius 2 is 1.95 bits per heavy atom. The van der Waals surface area contributed by atoms with E-state index >= 15 is 0 Å². The summed E-state index contributed by atoms with van der Waals surface area (Å²) in [5.41, 5.74) is -0.650. The van der Waals surface area contributed by atoms with Gasteiger partial charge in [-0.3, -0.25) is 14.4 Å². The van der Waals surface area contributed by atoms with Crippen LogP contribution in [0, 0.1) is 17.8 Å². The first-order valence-electron chi connectivity index (χ1n) is 13.3. The first-order valence-corrected chi connectivity index (χ1v) is 13.3. The highest BCUT2D eigenvalue weighted by atomic mass is 16.5. The van der Waals surface area contributed by atoms with Crippen LogP contribution in [0.4, 0.5) is 0 Å². The van der Waals surface area contributed by atoms with Crippen LogP contribution in [0.5, 0.6) is 0 Å². The number of amides is 3. The summed E-state index contributed by atoms with van der Waals surface area (Å²) in [6, 6.07) is 6.44. The molecule has 3 aliphatic rings. The minimum atomic E-state index is -1.20. The van der Waals surface area contributed by atoms with Crippen LogP contribution in [-0.4, -0.2) is 103 Å². The Kier molecular flexibility index (Phi) is 6.84. The number of rotatable bonds is 10. The van der Waals surface area contributed by atoms with E-state index < -0.39 is 29.1 Å². The quantitative estimate of drug-likeness (QED) is 0.451. The Bertz CT molecular complexity index is 1330. The Morgan fingerprint density at radius 1 is 1.23 bits per heavy atom. The van der Waals surface area contributed by atoms with E-state index in [0.29, 0.717) is 18.5 Å². The second-order valence-corrected chi connectivity index (χ2v) is 11.0. The number of aromatic nitrogens is 3. The number of likely N-dealkylation sites (tertiary alicyclic amines) is 1. The lowest BCUT2D eigenvalue weighted by molar-refractivity contribution is -0.155. The fourth-order valence-corrected chi connectivity index (χ4v) is 6.99. The Balaban J connectivity index is 1.56. The number of aliphatic hydroxyl groups is 1. The molecule has 3 fully saturated rings. The zero-order valence-corrected chi connectivity index (χ0v) is 22.7. The van der Waals surface area contributed by atoms with Gasteiger partial charge in [0, 0.05) is 26.7 Å². The van der Waals surface area contributed by atoms with Crippen molar-refractivity contribution in [2.45, 2.75) is 44.2 Å². The molecule has 2 aromatic rings. The van der Waals surface area contributed by atoms with Crippen molar-refractivity contribution in [1.82, 2.24) is 29.7 Å². The van der Waals surface area contributed by atoms with Crippen LogP contribution in [0.2, 0.25) is 0 Å². The molecule has 39 heavy (non-hydrogen) atoms. The van der Waals surface area contributed by atoms with Gasteiger partial charge in [0.05, 0.1) is 29.6 Å². The summed E-state index contributed by atoms with van der Waals surface area (Å²) in [6.07, 6.45) is 3.70. The molecule has 11 nitrogen and oxygen atoms in total. The van der Waals surface area contributed by atoms with E-state index in [1.165, 1.54) is 4.90 Å². The molecule has 6 atom stereocenters. The number of likely N-dealkylation sites (N-methyl/N-ethyl adjacent to an activating group) is 1. The second kappa shape index (κ2) is 9.87. The van der Waals surface area contributed by atoms with Crippen molar-refractivity contribution in [3.05, 3.63) is 49.6 Å². The maximum Gasteiger partial charge on any atom is 0.250 e. The molecule has 0 aliphatic carbocycles. The van der Waals surface area contributed by atoms with Crippen LogP contribution >= 0.6 is 0 Å². The maximum atomic E-state index is 14.4. The molecule has 0 saturated carbocycles. The second-order valence-electron chi connectivity index (χ2n) is 11.0. The van der Waals surface area contributed by atoms with Gasteiger partial charge in [0.25, 0.3) is 0 Å². The Labute approximate surface area is 227 Å². The normalized spacial score (nSPS) is 31.0. The molecule has 2 bridgehead atoms. The Hall–Kier alpha value is -3.57. The standard InChI is InChI=1S/C28H36N6O5/c1-6-12-31(5)24(36)21-22-25(37)33(14-15-35)23(28(22)16-18(3)27(21,4)39-28)26(38)32(13-7-2)17-34-20-11-9-8-10-19(20)29-30-34/h6-11,18,21-23,35H,1-2,12-17H2,3-5H3/t18?,21-,22+,23?,27+,28?/m1/s1. The molecule has 0 radical (unpaired) electrons. The van der Waals surface area contributed by atoms with Crippen molar-refractivity contribution in [2.75, 3.05) is 33.3 Å². The van der Waals surface area contributed by atoms with Crippen LogP contribution in [0.15, 0.2) is 49.6 Å². The molecule has 1 spiro atoms. The molecule has 4 heterocycles. The third kappa shape index (κ3) is 3.89. The molecule has 1 N–H and O–H groups in total. The molecule has 1 aromatic carbocycles. The van der Waals surface area contributed by atoms with Crippen LogP contribution in [0.3, 0.4) is 0 Å². The average molecular weight is 537 g/mol. The first kappa shape index (κ1) is 27.0. The summed E-state index contributed by atoms with van der Waals surface area (Å²) >= 11 is 0. The number of para-hydroxylation sites is 1. The lowest BCUT2D eigenvalue weighted by Gasteiger charge is -2.38. The van der Waals surface area contributed by atoms with Gasteiger partial charge in [-0.05, 0) is 31.4 Å². The lowest BCUT2D eigenvalue weighted by Crippen LogP contribution is -2.57. The number of benzene rings is 1. The number of hydrogen-bond donors (Lipinski definition) is 1. The number of fused-ring (bicyclic) bond motifs is 2. The molecule has 1 aromatic heterocycles. The van der Waals surface area contributed by atoms with Crippen molar-refractivity contribution in [1.29, 1.82) is 0 Å². The minimum Gasteiger partial charge on any atom is -0.395 e. The predicted octanol–water partition coefficient (Wildman–Crippen LogP) is 1.05. The van der Waals surface area contributed by atoms with Gasteiger partial charge in [-0.2, -0.15) is 0 Å². The predicted molar refractivity (Wildman–Crippen MR) is 143 cm³/mol. The van der Waals surface area contributed by atoms with E-state index in [0.717, 1.165) is 5.52 Å². The average Bonchev–Trinajstić information content (AvgIpc) is 3.57. The molecular formula is C28H36N6O5. The summed E-state index contributed by atoms with van der Waals surface area (Å²) in [6.45, 7) is 11.7. The highest BCUT2D eigenvalue weighted by Crippen LogP contribution is 2.65. The van der Waals surface area contributed by atoms with E-state index in [1.54, 1.807) is 33.7 Å². The van der Waals surface area contributed by atoms with Crippen molar-refractivity contribution in [3.8, 4) is 0 Å². The van der Waals surface area contributed by atoms with Crippen molar-refractivity contribution >= 4 is 28.8 Å². The van der Waals surface area contributed by atoms with Gasteiger partial charge in [0.15, 0.2) is 0 Å². The molecular weight excluding hydrogens is 500 g/mol. The summed E-state index contributed by atoms with van der Waals surface area (Å²) in [5, 5.41) is 18.3. The van der Waals surface area contributed by atoms with Gasteiger partial charge >= 0.3 is 0 Å². The first-order chi connectivity index (χ1) is 18.6. The fourth-order valence-electron chi connectivity index (χ4n) is 6.99. The monoisotopic (exact) mass is 536 g/mol. The van der Waals surface area contributed by atoms with Gasteiger partial charge in [-0.15, -0.1) is 18.3 Å². The lowest BCUT2D eigenvalue weighted by atomic mass is 9.62. The largest absolute Gasteiger partial charge is 0.395 e. The zero-order chi connectivity index (χ0) is 28.1. The summed E-state index contributed by atoms with van der Waals surface area (Å²) < 4.78 is 8.37. The summed E-state index contributed by atoms with van der Waals surface area (Å²) in [7, 11) is 1.68. The smallest absolute Gasteiger partial charge is 0.250 e. The molecule has 3 saturated heterocycles. The number of carbonyl (C=O) groups excluding carboxylic acids is 3. The molecule has 5 rings (SSSR count). The van der Waals surface area contributed by atoms with Gasteiger partial charge in [0.1, 0.15) is 23.8 Å². The van der Waals surface area contributed by atoms with Crippen molar-refractivity contribution in [3.63, 3.8) is 0 Å². The number of β-amino-alcohol motifs (C(OH)–C–C–N with tert-alkyl or cyclic N) is 1. The van der Waals surface area contributed by atoms with Crippen molar-refractivity contribution < 1.29 is 24.2 Å². The van der Waals surface area contributed by atoms with E-state index in [-0.39, 0.29) is 50.0 Å². The molecule has 3 unspecified atom stereocenters. The molecule has 11 heteroatoms. The third-order valence-corrected chi connectivity index (χ3v) is 8.82. The Morgan fingerprint density at radius 3 is 2.64 bits per heavy atom. The summed E-state index contributed by atoms with van der Waals surface area (Å²) in [5.74, 6) is -2.57. The number of nitrogens with zero attached hydrogens (tertiary/aromatic N) is 6. The van der Waals surface area contributed by atoms with Gasteiger partial charge in [-0.25, -0.2) is 4.68 Å². The van der Waals surface area contributed by atoms with E-state index in [1.807, 2.05) is 38.1 Å². The SMILES string of the molecule is C=CCN(C)C(=O)[C@H]1[C@H]2C(=O)N(CCO)C(C(=O)N(CC=C)Cn3nnc4ccccc43)C23CC(C)[C@]1(C)O3. The van der Waals surface area contributed by atoms with Gasteiger partial charge < -0.3 is 24.5 Å². The summed E-state index contributed by atoms with van der Waals surface area (Å²) in [4.78, 5) is 46.7. The van der Waals surface area contributed by atoms with E-state index in [9.17, 15) is 19.5 Å². The highest BCUT2D eigenvalue weighted by Gasteiger charge is 2.80. The minimum absolute atomic E-state index is 0.0421. The van der Waals surface area contributed by atoms with Crippen LogP contribution < -0.4 is 0 Å². The number of ether oxygens (including phenoxy) is 1. The number of aliphatic hydroxyl groups excluding tert-OH is 1. The highest BCUT2D eigenvalue weighted by molar-refractivity contribution is 5.99. The van der Waals surface area contributed by atoms with E-state index in [2.05, 4.69) is 23.5 Å². The maximum absolute atomic E-state index is 14.4.